The molecule has 1 aromatic carbocycles. The number of para-hydroxylation sites is 1. The van der Waals surface area contributed by atoms with Crippen LogP contribution in [0.3, 0.4) is 0 Å². The third-order valence-electron chi connectivity index (χ3n) is 3.59. The number of rotatable bonds is 3. The van der Waals surface area contributed by atoms with Crippen LogP contribution >= 0.6 is 0 Å². The van der Waals surface area contributed by atoms with Crippen molar-refractivity contribution in [3.05, 3.63) is 30.3 Å². The van der Waals surface area contributed by atoms with Crippen molar-refractivity contribution < 1.29 is 0 Å². The Labute approximate surface area is 105 Å². The molecule has 0 N–H and O–H groups in total. The van der Waals surface area contributed by atoms with Gasteiger partial charge in [0.1, 0.15) is 0 Å². The van der Waals surface area contributed by atoms with Gasteiger partial charge < -0.3 is 4.90 Å². The Kier molecular flexibility index (Phi) is 4.06. The van der Waals surface area contributed by atoms with Crippen molar-refractivity contribution in [1.29, 1.82) is 0 Å². The summed E-state index contributed by atoms with van der Waals surface area (Å²) in [7, 11) is 0. The Hall–Kier alpha value is -1.02. The molecule has 1 saturated heterocycles. The fourth-order valence-corrected chi connectivity index (χ4v) is 3.04. The van der Waals surface area contributed by atoms with E-state index < -0.39 is 0 Å². The number of benzene rings is 1. The standard InChI is InChI=1S/C15H24N2/c1-4-10-16-11-13(2)17(14(3)12-16)15-8-6-5-7-9-15/h5-9,13-14H,4,10-12H2,1-3H3/t13-,14-/m1/s1. The fraction of sp³-hybridized carbons (Fsp3) is 0.600. The second-order valence-electron chi connectivity index (χ2n) is 5.20. The first-order valence-corrected chi connectivity index (χ1v) is 6.78. The lowest BCUT2D eigenvalue weighted by Gasteiger charge is -2.46. The highest BCUT2D eigenvalue weighted by Gasteiger charge is 2.28. The first kappa shape index (κ1) is 12.4. The molecule has 17 heavy (non-hydrogen) atoms. The van der Waals surface area contributed by atoms with Crippen molar-refractivity contribution in [2.45, 2.75) is 39.3 Å². The van der Waals surface area contributed by atoms with Gasteiger partial charge in [-0.1, -0.05) is 25.1 Å². The van der Waals surface area contributed by atoms with E-state index in [1.807, 2.05) is 0 Å². The summed E-state index contributed by atoms with van der Waals surface area (Å²) < 4.78 is 0. The third kappa shape index (κ3) is 2.81. The largest absolute Gasteiger partial charge is 0.364 e. The van der Waals surface area contributed by atoms with Gasteiger partial charge in [-0.25, -0.2) is 0 Å². The molecule has 1 aliphatic rings. The maximum Gasteiger partial charge on any atom is 0.0392 e. The van der Waals surface area contributed by atoms with Crippen LogP contribution in [0.25, 0.3) is 0 Å². The van der Waals surface area contributed by atoms with Gasteiger partial charge in [-0.15, -0.1) is 0 Å². The molecule has 1 aliphatic heterocycles. The van der Waals surface area contributed by atoms with Crippen molar-refractivity contribution in [1.82, 2.24) is 4.90 Å². The van der Waals surface area contributed by atoms with Crippen LogP contribution in [0.1, 0.15) is 27.2 Å². The second kappa shape index (κ2) is 5.54. The summed E-state index contributed by atoms with van der Waals surface area (Å²) in [5, 5.41) is 0. The zero-order valence-electron chi connectivity index (χ0n) is 11.3. The van der Waals surface area contributed by atoms with Crippen molar-refractivity contribution in [3.63, 3.8) is 0 Å². The summed E-state index contributed by atoms with van der Waals surface area (Å²) >= 11 is 0. The zero-order chi connectivity index (χ0) is 12.3. The minimum absolute atomic E-state index is 0.604. The molecule has 1 aromatic rings. The van der Waals surface area contributed by atoms with Crippen LogP contribution in [0.4, 0.5) is 5.69 Å². The Morgan fingerprint density at radius 3 is 2.18 bits per heavy atom. The molecule has 0 aromatic heterocycles. The molecule has 0 saturated carbocycles. The van der Waals surface area contributed by atoms with Crippen LogP contribution in [0.5, 0.6) is 0 Å². The average molecular weight is 232 g/mol. The Bertz CT molecular complexity index is 324. The normalized spacial score (nSPS) is 26.2. The molecule has 0 unspecified atom stereocenters. The van der Waals surface area contributed by atoms with E-state index in [4.69, 9.17) is 0 Å². The predicted octanol–water partition coefficient (Wildman–Crippen LogP) is 3.00. The van der Waals surface area contributed by atoms with Gasteiger partial charge in [0, 0.05) is 30.9 Å². The predicted molar refractivity (Wildman–Crippen MR) is 74.6 cm³/mol. The summed E-state index contributed by atoms with van der Waals surface area (Å²) in [5.41, 5.74) is 1.36. The summed E-state index contributed by atoms with van der Waals surface area (Å²) in [6.45, 7) is 10.5. The highest BCUT2D eigenvalue weighted by atomic mass is 15.3. The molecule has 0 bridgehead atoms. The summed E-state index contributed by atoms with van der Waals surface area (Å²) in [4.78, 5) is 5.15. The lowest BCUT2D eigenvalue weighted by atomic mass is 10.1. The van der Waals surface area contributed by atoms with E-state index in [0.717, 1.165) is 0 Å². The summed E-state index contributed by atoms with van der Waals surface area (Å²) in [5.74, 6) is 0. The first-order valence-electron chi connectivity index (χ1n) is 6.78. The monoisotopic (exact) mass is 232 g/mol. The van der Waals surface area contributed by atoms with Crippen molar-refractivity contribution in [2.24, 2.45) is 0 Å². The molecule has 1 fully saturated rings. The van der Waals surface area contributed by atoms with E-state index in [2.05, 4.69) is 60.9 Å². The fourth-order valence-electron chi connectivity index (χ4n) is 3.04. The number of hydrogen-bond acceptors (Lipinski definition) is 2. The molecule has 94 valence electrons. The van der Waals surface area contributed by atoms with Crippen LogP contribution < -0.4 is 4.90 Å². The Morgan fingerprint density at radius 2 is 1.65 bits per heavy atom. The van der Waals surface area contributed by atoms with Gasteiger partial charge in [0.25, 0.3) is 0 Å². The SMILES string of the molecule is CCCN1C[C@@H](C)N(c2ccccc2)[C@H](C)C1. The van der Waals surface area contributed by atoms with E-state index in [-0.39, 0.29) is 0 Å². The second-order valence-corrected chi connectivity index (χ2v) is 5.20. The highest BCUT2D eigenvalue weighted by molar-refractivity contribution is 5.48. The molecule has 2 nitrogen and oxygen atoms in total. The van der Waals surface area contributed by atoms with Crippen LogP contribution in [0, 0.1) is 0 Å². The Morgan fingerprint density at radius 1 is 1.06 bits per heavy atom. The van der Waals surface area contributed by atoms with Crippen LogP contribution in [-0.4, -0.2) is 36.6 Å². The van der Waals surface area contributed by atoms with Gasteiger partial charge in [-0.05, 0) is 38.9 Å². The molecule has 2 heteroatoms. The van der Waals surface area contributed by atoms with E-state index in [1.54, 1.807) is 0 Å². The number of hydrogen-bond donors (Lipinski definition) is 0. The minimum Gasteiger partial charge on any atom is -0.364 e. The highest BCUT2D eigenvalue weighted by Crippen LogP contribution is 2.24. The van der Waals surface area contributed by atoms with Crippen LogP contribution in [-0.2, 0) is 0 Å². The van der Waals surface area contributed by atoms with Crippen molar-refractivity contribution in [3.8, 4) is 0 Å². The Balaban J connectivity index is 2.10. The molecule has 0 radical (unpaired) electrons. The maximum absolute atomic E-state index is 2.59. The van der Waals surface area contributed by atoms with Gasteiger partial charge in [0.05, 0.1) is 0 Å². The topological polar surface area (TPSA) is 6.48 Å². The molecule has 0 spiro atoms. The maximum atomic E-state index is 2.59. The first-order chi connectivity index (χ1) is 8.22. The zero-order valence-corrected chi connectivity index (χ0v) is 11.3. The third-order valence-corrected chi connectivity index (χ3v) is 3.59. The number of piperazine rings is 1. The lowest BCUT2D eigenvalue weighted by molar-refractivity contribution is 0.200. The minimum atomic E-state index is 0.604. The van der Waals surface area contributed by atoms with Gasteiger partial charge in [-0.3, -0.25) is 4.90 Å². The average Bonchev–Trinajstić information content (AvgIpc) is 2.30. The number of anilines is 1. The summed E-state index contributed by atoms with van der Waals surface area (Å²) in [6, 6.07) is 12.0. The van der Waals surface area contributed by atoms with Gasteiger partial charge >= 0.3 is 0 Å². The number of nitrogens with zero attached hydrogens (tertiary/aromatic N) is 2. The molecule has 1 heterocycles. The van der Waals surface area contributed by atoms with Gasteiger partial charge in [-0.2, -0.15) is 0 Å². The quantitative estimate of drug-likeness (QED) is 0.790. The van der Waals surface area contributed by atoms with E-state index in [9.17, 15) is 0 Å². The molecular formula is C15H24N2. The van der Waals surface area contributed by atoms with E-state index >= 15 is 0 Å². The molecule has 2 rings (SSSR count). The van der Waals surface area contributed by atoms with Crippen LogP contribution in [0.2, 0.25) is 0 Å². The summed E-state index contributed by atoms with van der Waals surface area (Å²) in [6.07, 6.45) is 1.25. The molecule has 0 amide bonds. The van der Waals surface area contributed by atoms with Crippen LogP contribution in [0.15, 0.2) is 30.3 Å². The molecular weight excluding hydrogens is 208 g/mol. The molecule has 0 aliphatic carbocycles. The van der Waals surface area contributed by atoms with E-state index in [1.165, 1.54) is 31.7 Å². The lowest BCUT2D eigenvalue weighted by Crippen LogP contribution is -2.57. The van der Waals surface area contributed by atoms with Gasteiger partial charge in [0.2, 0.25) is 0 Å². The van der Waals surface area contributed by atoms with Crippen molar-refractivity contribution >= 4 is 5.69 Å². The van der Waals surface area contributed by atoms with Gasteiger partial charge in [0.15, 0.2) is 0 Å². The molecule has 2 atom stereocenters. The van der Waals surface area contributed by atoms with E-state index in [0.29, 0.717) is 12.1 Å². The van der Waals surface area contributed by atoms with Crippen molar-refractivity contribution in [2.75, 3.05) is 24.5 Å². The smallest absolute Gasteiger partial charge is 0.0392 e.